The smallest absolute Gasteiger partial charge is 0.356 e. The van der Waals surface area contributed by atoms with E-state index in [0.717, 1.165) is 20.9 Å². The molecule has 0 aromatic carbocycles. The Morgan fingerprint density at radius 3 is 2.50 bits per heavy atom. The molecule has 0 saturated heterocycles. The van der Waals surface area contributed by atoms with Gasteiger partial charge in [0.2, 0.25) is 0 Å². The predicted molar refractivity (Wildman–Crippen MR) is 84.0 cm³/mol. The van der Waals surface area contributed by atoms with Crippen LogP contribution in [0, 0.1) is 0 Å². The van der Waals surface area contributed by atoms with Crippen LogP contribution in [0.2, 0.25) is 0 Å². The molecule has 2 rings (SSSR count). The molecule has 2 aromatic heterocycles. The normalized spacial score (nSPS) is 12.4. The van der Waals surface area contributed by atoms with Crippen LogP contribution in [-0.2, 0) is 22.5 Å². The Bertz CT molecular complexity index is 813. The van der Waals surface area contributed by atoms with Crippen molar-refractivity contribution in [2.24, 2.45) is 7.05 Å². The molecule has 0 atom stereocenters. The molecule has 120 valence electrons. The monoisotopic (exact) mass is 343 g/mol. The molecule has 0 amide bonds. The first-order valence-corrected chi connectivity index (χ1v) is 8.71. The van der Waals surface area contributed by atoms with Gasteiger partial charge in [0, 0.05) is 11.9 Å². The van der Waals surface area contributed by atoms with Crippen LogP contribution in [0.5, 0.6) is 0 Å². The Balaban J connectivity index is 2.37. The second-order valence-corrected chi connectivity index (χ2v) is 8.80. The Labute approximate surface area is 132 Å². The van der Waals surface area contributed by atoms with Gasteiger partial charge in [-0.1, -0.05) is 20.8 Å². The molecule has 0 spiro atoms. The van der Waals surface area contributed by atoms with Gasteiger partial charge in [0.05, 0.1) is 6.20 Å². The van der Waals surface area contributed by atoms with Crippen molar-refractivity contribution in [2.75, 3.05) is 4.72 Å². The van der Waals surface area contributed by atoms with Crippen molar-refractivity contribution in [3.63, 3.8) is 0 Å². The summed E-state index contributed by atoms with van der Waals surface area (Å²) < 4.78 is 28.3. The molecule has 0 radical (unpaired) electrons. The first kappa shape index (κ1) is 16.5. The van der Waals surface area contributed by atoms with E-state index < -0.39 is 16.0 Å². The number of sulfonamides is 1. The van der Waals surface area contributed by atoms with Crippen LogP contribution < -0.4 is 4.72 Å². The van der Waals surface area contributed by atoms with Gasteiger partial charge >= 0.3 is 5.97 Å². The summed E-state index contributed by atoms with van der Waals surface area (Å²) in [6.07, 6.45) is 1.18. The molecular weight excluding hydrogens is 326 g/mol. The fraction of sp³-hybridized carbons (Fsp3) is 0.385. The maximum atomic E-state index is 12.4. The van der Waals surface area contributed by atoms with Gasteiger partial charge in [-0.3, -0.25) is 9.40 Å². The Kier molecular flexibility index (Phi) is 4.05. The highest BCUT2D eigenvalue weighted by atomic mass is 32.2. The predicted octanol–water partition coefficient (Wildman–Crippen LogP) is 2.28. The number of aromatic carboxylic acids is 1. The van der Waals surface area contributed by atoms with Crippen LogP contribution in [-0.4, -0.2) is 29.3 Å². The van der Waals surface area contributed by atoms with Crippen molar-refractivity contribution in [2.45, 2.75) is 30.4 Å². The number of hydrogen-bond donors (Lipinski definition) is 2. The van der Waals surface area contributed by atoms with Crippen molar-refractivity contribution in [1.82, 2.24) is 9.78 Å². The first-order chi connectivity index (χ1) is 10.0. The van der Waals surface area contributed by atoms with E-state index in [1.807, 2.05) is 20.8 Å². The third kappa shape index (κ3) is 3.14. The zero-order valence-electron chi connectivity index (χ0n) is 12.6. The van der Waals surface area contributed by atoms with E-state index in [0.29, 0.717) is 0 Å². The molecular formula is C13H17N3O4S2. The van der Waals surface area contributed by atoms with Gasteiger partial charge in [0.1, 0.15) is 9.90 Å². The number of aryl methyl sites for hydroxylation is 1. The molecule has 0 unspecified atom stereocenters. The number of aromatic nitrogens is 2. The first-order valence-electron chi connectivity index (χ1n) is 6.41. The highest BCUT2D eigenvalue weighted by Gasteiger charge is 2.25. The van der Waals surface area contributed by atoms with Crippen LogP contribution in [0.4, 0.5) is 5.69 Å². The number of carboxylic acid groups (broad SMARTS) is 1. The number of rotatable bonds is 4. The van der Waals surface area contributed by atoms with Gasteiger partial charge in [-0.15, -0.1) is 11.3 Å². The number of thiophene rings is 1. The van der Waals surface area contributed by atoms with Crippen LogP contribution in [0.3, 0.4) is 0 Å². The summed E-state index contributed by atoms with van der Waals surface area (Å²) >= 11 is 1.16. The molecule has 0 aliphatic heterocycles. The van der Waals surface area contributed by atoms with Crippen LogP contribution >= 0.6 is 11.3 Å². The van der Waals surface area contributed by atoms with Crippen LogP contribution in [0.25, 0.3) is 0 Å². The molecule has 2 aromatic rings. The lowest BCUT2D eigenvalue weighted by molar-refractivity contribution is 0.0686. The minimum Gasteiger partial charge on any atom is -0.476 e. The second-order valence-electron chi connectivity index (χ2n) is 5.81. The van der Waals surface area contributed by atoms with Crippen LogP contribution in [0.1, 0.15) is 36.1 Å². The van der Waals surface area contributed by atoms with Gasteiger partial charge in [-0.05, 0) is 17.5 Å². The molecule has 0 bridgehead atoms. The van der Waals surface area contributed by atoms with E-state index in [-0.39, 0.29) is 21.0 Å². The summed E-state index contributed by atoms with van der Waals surface area (Å²) in [7, 11) is -2.41. The number of nitrogens with one attached hydrogen (secondary N) is 1. The molecule has 9 heteroatoms. The largest absolute Gasteiger partial charge is 0.476 e. The van der Waals surface area contributed by atoms with E-state index in [2.05, 4.69) is 9.82 Å². The summed E-state index contributed by atoms with van der Waals surface area (Å²) in [6, 6.07) is 3.28. The van der Waals surface area contributed by atoms with Crippen molar-refractivity contribution < 1.29 is 18.3 Å². The summed E-state index contributed by atoms with van der Waals surface area (Å²) in [4.78, 5) is 12.1. The number of carboxylic acids is 1. The van der Waals surface area contributed by atoms with E-state index in [4.69, 9.17) is 5.11 Å². The lowest BCUT2D eigenvalue weighted by Crippen LogP contribution is -2.15. The van der Waals surface area contributed by atoms with E-state index in [9.17, 15) is 13.2 Å². The lowest BCUT2D eigenvalue weighted by Gasteiger charge is -2.15. The summed E-state index contributed by atoms with van der Waals surface area (Å²) in [6.45, 7) is 5.98. The Morgan fingerprint density at radius 2 is 2.00 bits per heavy atom. The lowest BCUT2D eigenvalue weighted by atomic mass is 9.95. The molecule has 0 fully saturated rings. The molecule has 0 aliphatic carbocycles. The summed E-state index contributed by atoms with van der Waals surface area (Å²) in [5, 5.41) is 12.9. The third-order valence-electron chi connectivity index (χ3n) is 2.97. The minimum absolute atomic E-state index is 0.0549. The standard InChI is InChI=1S/C13H17N3O4S2/c1-13(2,3)9-5-6-10(21-9)22(19,20)15-8-7-14-16(4)11(8)12(17)18/h5-7,15H,1-4H3,(H,17,18). The van der Waals surface area contributed by atoms with Gasteiger partial charge < -0.3 is 5.11 Å². The molecule has 7 nitrogen and oxygen atoms in total. The molecule has 0 saturated carbocycles. The maximum Gasteiger partial charge on any atom is 0.356 e. The van der Waals surface area contributed by atoms with Gasteiger partial charge in [0.25, 0.3) is 10.0 Å². The number of hydrogen-bond acceptors (Lipinski definition) is 5. The quantitative estimate of drug-likeness (QED) is 0.887. The summed E-state index contributed by atoms with van der Waals surface area (Å²) in [5.74, 6) is -1.25. The molecule has 2 heterocycles. The van der Waals surface area contributed by atoms with E-state index >= 15 is 0 Å². The van der Waals surface area contributed by atoms with Crippen molar-refractivity contribution in [1.29, 1.82) is 0 Å². The van der Waals surface area contributed by atoms with E-state index in [1.165, 1.54) is 19.3 Å². The van der Waals surface area contributed by atoms with Gasteiger partial charge in [-0.2, -0.15) is 5.10 Å². The Hall–Kier alpha value is -1.87. The van der Waals surface area contributed by atoms with Crippen LogP contribution in [0.15, 0.2) is 22.5 Å². The van der Waals surface area contributed by atoms with E-state index in [1.54, 1.807) is 6.07 Å². The average molecular weight is 343 g/mol. The fourth-order valence-corrected chi connectivity index (χ4v) is 4.24. The number of carbonyl (C=O) groups is 1. The van der Waals surface area contributed by atoms with Gasteiger partial charge in [-0.25, -0.2) is 13.2 Å². The maximum absolute atomic E-state index is 12.4. The van der Waals surface area contributed by atoms with Crippen molar-refractivity contribution in [3.05, 3.63) is 28.9 Å². The SMILES string of the molecule is Cn1ncc(NS(=O)(=O)c2ccc(C(C)(C)C)s2)c1C(=O)O. The average Bonchev–Trinajstić information content (AvgIpc) is 2.95. The Morgan fingerprint density at radius 1 is 1.36 bits per heavy atom. The zero-order chi connectivity index (χ0) is 16.7. The summed E-state index contributed by atoms with van der Waals surface area (Å²) in [5.41, 5.74) is -0.421. The molecule has 2 N–H and O–H groups in total. The zero-order valence-corrected chi connectivity index (χ0v) is 14.2. The number of nitrogens with zero attached hydrogens (tertiary/aromatic N) is 2. The topological polar surface area (TPSA) is 101 Å². The third-order valence-corrected chi connectivity index (χ3v) is 6.34. The molecule has 0 aliphatic rings. The van der Waals surface area contributed by atoms with Crippen molar-refractivity contribution >= 4 is 33.0 Å². The fourth-order valence-electron chi connectivity index (χ4n) is 1.83. The second kappa shape index (κ2) is 5.40. The highest BCUT2D eigenvalue weighted by molar-refractivity contribution is 7.94. The molecule has 22 heavy (non-hydrogen) atoms. The minimum atomic E-state index is -3.84. The number of anilines is 1. The highest BCUT2D eigenvalue weighted by Crippen LogP contribution is 2.32. The van der Waals surface area contributed by atoms with Gasteiger partial charge in [0.15, 0.2) is 5.69 Å². The van der Waals surface area contributed by atoms with Crippen molar-refractivity contribution in [3.8, 4) is 0 Å².